The molecular formula is C14H23NOS. The third kappa shape index (κ3) is 4.60. The average Bonchev–Trinajstić information content (AvgIpc) is 2.35. The first-order valence-corrected chi connectivity index (χ1v) is 7.10. The second kappa shape index (κ2) is 6.92. The normalized spacial score (nSPS) is 14.7. The zero-order valence-corrected chi connectivity index (χ0v) is 12.0. The van der Waals surface area contributed by atoms with Crippen LogP contribution in [0.2, 0.25) is 0 Å². The molecule has 0 fully saturated rings. The van der Waals surface area contributed by atoms with Crippen LogP contribution >= 0.6 is 11.8 Å². The Bertz CT molecular complexity index is 323. The van der Waals surface area contributed by atoms with E-state index < -0.39 is 0 Å². The highest BCUT2D eigenvalue weighted by molar-refractivity contribution is 7.99. The van der Waals surface area contributed by atoms with Crippen LogP contribution in [0.5, 0.6) is 5.75 Å². The molecule has 0 radical (unpaired) electrons. The minimum Gasteiger partial charge on any atom is -0.497 e. The molecule has 0 saturated carbocycles. The van der Waals surface area contributed by atoms with Crippen LogP contribution in [0.4, 0.5) is 0 Å². The minimum atomic E-state index is 0.0876. The maximum atomic E-state index is 6.25. The van der Waals surface area contributed by atoms with Crippen LogP contribution in [0.15, 0.2) is 24.3 Å². The van der Waals surface area contributed by atoms with E-state index in [1.807, 2.05) is 23.9 Å². The third-order valence-corrected chi connectivity index (χ3v) is 4.38. The van der Waals surface area contributed by atoms with Gasteiger partial charge in [0.2, 0.25) is 0 Å². The molecule has 0 saturated heterocycles. The fourth-order valence-electron chi connectivity index (χ4n) is 1.55. The van der Waals surface area contributed by atoms with Crippen molar-refractivity contribution in [1.29, 1.82) is 0 Å². The van der Waals surface area contributed by atoms with Crippen molar-refractivity contribution >= 4 is 11.8 Å². The Labute approximate surface area is 109 Å². The molecule has 2 unspecified atom stereocenters. The molecule has 0 bridgehead atoms. The summed E-state index contributed by atoms with van der Waals surface area (Å²) < 4.78 is 5.14. The average molecular weight is 253 g/mol. The van der Waals surface area contributed by atoms with Crippen molar-refractivity contribution in [2.45, 2.75) is 32.1 Å². The maximum Gasteiger partial charge on any atom is 0.118 e. The fourth-order valence-corrected chi connectivity index (χ4v) is 2.60. The van der Waals surface area contributed by atoms with Crippen LogP contribution in [0.1, 0.15) is 32.4 Å². The first-order valence-electron chi connectivity index (χ1n) is 6.05. The van der Waals surface area contributed by atoms with Crippen molar-refractivity contribution in [3.05, 3.63) is 29.8 Å². The highest BCUT2D eigenvalue weighted by Gasteiger charge is 2.15. The second-order valence-electron chi connectivity index (χ2n) is 4.73. The van der Waals surface area contributed by atoms with Crippen molar-refractivity contribution in [2.75, 3.05) is 12.9 Å². The van der Waals surface area contributed by atoms with E-state index in [0.29, 0.717) is 11.2 Å². The summed E-state index contributed by atoms with van der Waals surface area (Å²) in [6.45, 7) is 6.67. The molecule has 0 aliphatic heterocycles. The van der Waals surface area contributed by atoms with E-state index in [9.17, 15) is 0 Å². The predicted molar refractivity (Wildman–Crippen MR) is 76.7 cm³/mol. The number of ether oxygens (including phenoxy) is 1. The zero-order chi connectivity index (χ0) is 12.8. The van der Waals surface area contributed by atoms with Crippen molar-refractivity contribution in [2.24, 2.45) is 11.7 Å². The molecule has 0 spiro atoms. The maximum absolute atomic E-state index is 6.25. The number of hydrogen-bond donors (Lipinski definition) is 1. The van der Waals surface area contributed by atoms with E-state index in [-0.39, 0.29) is 6.04 Å². The summed E-state index contributed by atoms with van der Waals surface area (Å²) in [5.41, 5.74) is 7.43. The van der Waals surface area contributed by atoms with Crippen molar-refractivity contribution < 1.29 is 4.74 Å². The van der Waals surface area contributed by atoms with E-state index in [2.05, 4.69) is 32.9 Å². The van der Waals surface area contributed by atoms with Gasteiger partial charge >= 0.3 is 0 Å². The van der Waals surface area contributed by atoms with Gasteiger partial charge in [-0.3, -0.25) is 0 Å². The Morgan fingerprint density at radius 2 is 1.76 bits per heavy atom. The first-order chi connectivity index (χ1) is 8.04. The summed E-state index contributed by atoms with van der Waals surface area (Å²) in [6, 6.07) is 8.13. The number of nitrogens with two attached hydrogens (primary N) is 1. The highest BCUT2D eigenvalue weighted by atomic mass is 32.2. The zero-order valence-electron chi connectivity index (χ0n) is 11.1. The van der Waals surface area contributed by atoms with Crippen molar-refractivity contribution in [3.63, 3.8) is 0 Å². The number of benzene rings is 1. The van der Waals surface area contributed by atoms with Crippen molar-refractivity contribution in [3.8, 4) is 5.75 Å². The molecule has 0 amide bonds. The molecule has 0 heterocycles. The lowest BCUT2D eigenvalue weighted by molar-refractivity contribution is 0.414. The summed E-state index contributed by atoms with van der Waals surface area (Å²) in [5, 5.41) is 0.436. The van der Waals surface area contributed by atoms with Gasteiger partial charge in [0.15, 0.2) is 0 Å². The fraction of sp³-hybridized carbons (Fsp3) is 0.571. The third-order valence-electron chi connectivity index (χ3n) is 2.70. The molecule has 3 heteroatoms. The summed E-state index contributed by atoms with van der Waals surface area (Å²) in [5.74, 6) is 2.75. The summed E-state index contributed by atoms with van der Waals surface area (Å²) in [6.07, 6.45) is 0. The molecule has 2 nitrogen and oxygen atoms in total. The van der Waals surface area contributed by atoms with Gasteiger partial charge in [0.05, 0.1) is 7.11 Å². The van der Waals surface area contributed by atoms with Gasteiger partial charge in [0.25, 0.3) is 0 Å². The van der Waals surface area contributed by atoms with Crippen molar-refractivity contribution in [1.82, 2.24) is 0 Å². The lowest BCUT2D eigenvalue weighted by Crippen LogP contribution is -2.21. The van der Waals surface area contributed by atoms with Gasteiger partial charge in [-0.25, -0.2) is 0 Å². The monoisotopic (exact) mass is 253 g/mol. The molecule has 17 heavy (non-hydrogen) atoms. The number of thioether (sulfide) groups is 1. The number of hydrogen-bond acceptors (Lipinski definition) is 3. The molecule has 96 valence electrons. The summed E-state index contributed by atoms with van der Waals surface area (Å²) in [7, 11) is 1.68. The van der Waals surface area contributed by atoms with E-state index in [4.69, 9.17) is 10.5 Å². The second-order valence-corrected chi connectivity index (χ2v) is 6.14. The van der Waals surface area contributed by atoms with Crippen LogP contribution in [0, 0.1) is 5.92 Å². The lowest BCUT2D eigenvalue weighted by atomic mass is 10.1. The van der Waals surface area contributed by atoms with Crippen LogP contribution in [-0.2, 0) is 0 Å². The molecule has 2 atom stereocenters. The largest absolute Gasteiger partial charge is 0.497 e. The Kier molecular flexibility index (Phi) is 5.86. The van der Waals surface area contributed by atoms with Gasteiger partial charge in [0, 0.05) is 11.3 Å². The highest BCUT2D eigenvalue weighted by Crippen LogP contribution is 2.26. The molecule has 1 aromatic rings. The molecule has 1 rings (SSSR count). The van der Waals surface area contributed by atoms with E-state index in [0.717, 1.165) is 11.5 Å². The lowest BCUT2D eigenvalue weighted by Gasteiger charge is -2.21. The van der Waals surface area contributed by atoms with Gasteiger partial charge in [0.1, 0.15) is 5.75 Å². The minimum absolute atomic E-state index is 0.0876. The first kappa shape index (κ1) is 14.4. The van der Waals surface area contributed by atoms with E-state index in [1.165, 1.54) is 5.56 Å². The molecular weight excluding hydrogens is 230 g/mol. The van der Waals surface area contributed by atoms with Gasteiger partial charge in [-0.1, -0.05) is 32.9 Å². The topological polar surface area (TPSA) is 35.2 Å². The van der Waals surface area contributed by atoms with E-state index >= 15 is 0 Å². The summed E-state index contributed by atoms with van der Waals surface area (Å²) >= 11 is 1.94. The van der Waals surface area contributed by atoms with Crippen LogP contribution in [0.3, 0.4) is 0 Å². The molecule has 2 N–H and O–H groups in total. The van der Waals surface area contributed by atoms with E-state index in [1.54, 1.807) is 7.11 Å². The van der Waals surface area contributed by atoms with Crippen LogP contribution in [0.25, 0.3) is 0 Å². The molecule has 1 aromatic carbocycles. The van der Waals surface area contributed by atoms with Gasteiger partial charge in [-0.2, -0.15) is 11.8 Å². The molecule has 0 aliphatic carbocycles. The SMILES string of the molecule is COc1ccc(C(N)C(C)SCC(C)C)cc1. The Morgan fingerprint density at radius 3 is 2.24 bits per heavy atom. The van der Waals surface area contributed by atoms with Gasteiger partial charge < -0.3 is 10.5 Å². The van der Waals surface area contributed by atoms with Gasteiger partial charge in [-0.05, 0) is 29.4 Å². The quantitative estimate of drug-likeness (QED) is 0.843. The number of methoxy groups -OCH3 is 1. The Balaban J connectivity index is 2.58. The predicted octanol–water partition coefficient (Wildman–Crippen LogP) is 3.47. The smallest absolute Gasteiger partial charge is 0.118 e. The Hall–Kier alpha value is -0.670. The van der Waals surface area contributed by atoms with Crippen LogP contribution in [-0.4, -0.2) is 18.1 Å². The summed E-state index contributed by atoms with van der Waals surface area (Å²) in [4.78, 5) is 0. The molecule has 0 aliphatic rings. The van der Waals surface area contributed by atoms with Crippen LogP contribution < -0.4 is 10.5 Å². The van der Waals surface area contributed by atoms with Gasteiger partial charge in [-0.15, -0.1) is 0 Å². The molecule has 0 aromatic heterocycles. The Morgan fingerprint density at radius 1 is 1.18 bits per heavy atom. The standard InChI is InChI=1S/C14H23NOS/c1-10(2)9-17-11(3)14(15)12-5-7-13(16-4)8-6-12/h5-8,10-11,14H,9,15H2,1-4H3. The number of rotatable bonds is 6.